The molecule has 4 saturated carbocycles. The maximum Gasteiger partial charge on any atom is 0.422 e. The minimum atomic E-state index is -4.73. The molecule has 4 fully saturated rings. The fourth-order valence-electron chi connectivity index (χ4n) is 6.28. The van der Waals surface area contributed by atoms with E-state index in [0.29, 0.717) is 35.5 Å². The number of fused-ring (bicyclic) bond motifs is 9. The average molecular weight is 330 g/mol. The van der Waals surface area contributed by atoms with Gasteiger partial charge in [-0.25, -0.2) is 4.79 Å². The van der Waals surface area contributed by atoms with E-state index >= 15 is 0 Å². The standard InChI is InChI=1S/C17H21F3O3/c1-7(17(18,19)20)16(22)23-6-10-2-8-3-11(10)15-12-4-9(14(8)15)5-13(12)21/h8-15,21H,1-6H2. The van der Waals surface area contributed by atoms with Crippen LogP contribution in [0.4, 0.5) is 13.2 Å². The van der Waals surface area contributed by atoms with Crippen LogP contribution in [-0.4, -0.2) is 30.0 Å². The summed E-state index contributed by atoms with van der Waals surface area (Å²) in [5.74, 6) is 1.92. The van der Waals surface area contributed by atoms with Gasteiger partial charge in [0.15, 0.2) is 0 Å². The molecule has 8 unspecified atom stereocenters. The normalized spacial score (nSPS) is 47.0. The summed E-state index contributed by atoms with van der Waals surface area (Å²) in [5, 5.41) is 10.1. The van der Waals surface area contributed by atoms with Crippen LogP contribution in [0, 0.1) is 41.4 Å². The number of esters is 1. The first-order valence-corrected chi connectivity index (χ1v) is 8.38. The van der Waals surface area contributed by atoms with Gasteiger partial charge in [0.25, 0.3) is 0 Å². The van der Waals surface area contributed by atoms with Gasteiger partial charge in [0.1, 0.15) is 5.57 Å². The minimum Gasteiger partial charge on any atom is -0.462 e. The van der Waals surface area contributed by atoms with Crippen molar-refractivity contribution < 1.29 is 27.8 Å². The van der Waals surface area contributed by atoms with Crippen molar-refractivity contribution in [2.24, 2.45) is 41.4 Å². The number of carbonyl (C=O) groups excluding carboxylic acids is 1. The number of alkyl halides is 3. The highest BCUT2D eigenvalue weighted by Crippen LogP contribution is 2.68. The largest absolute Gasteiger partial charge is 0.462 e. The van der Waals surface area contributed by atoms with Gasteiger partial charge in [0.2, 0.25) is 0 Å². The molecule has 6 heteroatoms. The molecule has 0 amide bonds. The van der Waals surface area contributed by atoms with Crippen LogP contribution >= 0.6 is 0 Å². The summed E-state index contributed by atoms with van der Waals surface area (Å²) >= 11 is 0. The van der Waals surface area contributed by atoms with Crippen LogP contribution in [0.25, 0.3) is 0 Å². The maximum atomic E-state index is 12.4. The summed E-state index contributed by atoms with van der Waals surface area (Å²) in [6.07, 6.45) is -0.908. The molecule has 0 heterocycles. The molecule has 0 spiro atoms. The molecule has 4 aliphatic rings. The zero-order valence-electron chi connectivity index (χ0n) is 12.8. The number of aliphatic hydroxyl groups is 1. The third kappa shape index (κ3) is 2.24. The van der Waals surface area contributed by atoms with Crippen molar-refractivity contribution in [2.45, 2.75) is 38.0 Å². The zero-order chi connectivity index (χ0) is 16.5. The smallest absolute Gasteiger partial charge is 0.422 e. The van der Waals surface area contributed by atoms with E-state index in [1.165, 1.54) is 0 Å². The topological polar surface area (TPSA) is 46.5 Å². The minimum absolute atomic E-state index is 0.0474. The summed E-state index contributed by atoms with van der Waals surface area (Å²) in [6, 6.07) is 0. The molecule has 0 aromatic rings. The lowest BCUT2D eigenvalue weighted by Gasteiger charge is -2.40. The van der Waals surface area contributed by atoms with E-state index in [1.54, 1.807) is 0 Å². The lowest BCUT2D eigenvalue weighted by molar-refractivity contribution is -0.152. The summed E-state index contributed by atoms with van der Waals surface area (Å²) in [6.45, 7) is 2.83. The first kappa shape index (κ1) is 15.5. The maximum absolute atomic E-state index is 12.4. The Morgan fingerprint density at radius 2 is 1.74 bits per heavy atom. The predicted octanol–water partition coefficient (Wildman–Crippen LogP) is 2.94. The molecule has 3 nitrogen and oxygen atoms in total. The van der Waals surface area contributed by atoms with Gasteiger partial charge in [-0.3, -0.25) is 0 Å². The Morgan fingerprint density at radius 3 is 2.43 bits per heavy atom. The highest BCUT2D eigenvalue weighted by molar-refractivity contribution is 5.89. The molecule has 128 valence electrons. The highest BCUT2D eigenvalue weighted by atomic mass is 19.4. The van der Waals surface area contributed by atoms with Gasteiger partial charge in [0, 0.05) is 0 Å². The number of halogens is 3. The molecular formula is C17H21F3O3. The molecule has 8 atom stereocenters. The van der Waals surface area contributed by atoms with E-state index in [2.05, 4.69) is 6.58 Å². The number of hydrogen-bond acceptors (Lipinski definition) is 3. The number of carbonyl (C=O) groups is 1. The lowest BCUT2D eigenvalue weighted by atomic mass is 9.67. The predicted molar refractivity (Wildman–Crippen MR) is 75.1 cm³/mol. The second-order valence-electron chi connectivity index (χ2n) is 7.85. The molecule has 4 aliphatic carbocycles. The van der Waals surface area contributed by atoms with Crippen LogP contribution < -0.4 is 0 Å². The Balaban J connectivity index is 1.38. The van der Waals surface area contributed by atoms with Crippen LogP contribution in [0.5, 0.6) is 0 Å². The van der Waals surface area contributed by atoms with Gasteiger partial charge in [-0.05, 0) is 67.1 Å². The van der Waals surface area contributed by atoms with Crippen molar-refractivity contribution in [3.63, 3.8) is 0 Å². The molecule has 0 aromatic carbocycles. The van der Waals surface area contributed by atoms with Crippen LogP contribution in [0.15, 0.2) is 12.2 Å². The summed E-state index contributed by atoms with van der Waals surface area (Å²) in [4.78, 5) is 11.5. The number of rotatable bonds is 3. The van der Waals surface area contributed by atoms with E-state index in [-0.39, 0.29) is 18.6 Å². The number of ether oxygens (including phenoxy) is 1. The van der Waals surface area contributed by atoms with Gasteiger partial charge in [0.05, 0.1) is 12.7 Å². The first-order chi connectivity index (χ1) is 10.8. The van der Waals surface area contributed by atoms with E-state index in [9.17, 15) is 23.1 Å². The monoisotopic (exact) mass is 330 g/mol. The summed E-state index contributed by atoms with van der Waals surface area (Å²) in [5.41, 5.74) is -1.44. The van der Waals surface area contributed by atoms with E-state index < -0.39 is 17.7 Å². The zero-order valence-corrected chi connectivity index (χ0v) is 12.8. The molecule has 4 bridgehead atoms. The Hall–Kier alpha value is -1.04. The molecule has 0 aromatic heterocycles. The Labute approximate surface area is 132 Å². The third-order valence-corrected chi connectivity index (χ3v) is 6.94. The molecule has 0 saturated heterocycles. The van der Waals surface area contributed by atoms with Gasteiger partial charge in [-0.15, -0.1) is 0 Å². The molecular weight excluding hydrogens is 309 g/mol. The van der Waals surface area contributed by atoms with Crippen molar-refractivity contribution in [2.75, 3.05) is 6.61 Å². The quantitative estimate of drug-likeness (QED) is 0.492. The summed E-state index contributed by atoms with van der Waals surface area (Å²) in [7, 11) is 0. The van der Waals surface area contributed by atoms with Crippen molar-refractivity contribution in [3.8, 4) is 0 Å². The highest BCUT2D eigenvalue weighted by Gasteiger charge is 2.64. The number of hydrogen-bond donors (Lipinski definition) is 1. The average Bonchev–Trinajstić information content (AvgIpc) is 3.19. The number of aliphatic hydroxyl groups excluding tert-OH is 1. The third-order valence-electron chi connectivity index (χ3n) is 6.94. The molecule has 4 rings (SSSR count). The van der Waals surface area contributed by atoms with E-state index in [0.717, 1.165) is 25.7 Å². The van der Waals surface area contributed by atoms with Crippen LogP contribution in [0.3, 0.4) is 0 Å². The first-order valence-electron chi connectivity index (χ1n) is 8.38. The molecule has 23 heavy (non-hydrogen) atoms. The molecule has 1 N–H and O–H groups in total. The fraction of sp³-hybridized carbons (Fsp3) is 0.824. The Bertz CT molecular complexity index is 544. The van der Waals surface area contributed by atoms with E-state index in [4.69, 9.17) is 4.74 Å². The van der Waals surface area contributed by atoms with Crippen molar-refractivity contribution in [3.05, 3.63) is 12.2 Å². The Kier molecular flexibility index (Phi) is 3.35. The van der Waals surface area contributed by atoms with Gasteiger partial charge < -0.3 is 9.84 Å². The van der Waals surface area contributed by atoms with Crippen LogP contribution in [-0.2, 0) is 9.53 Å². The van der Waals surface area contributed by atoms with Crippen LogP contribution in [0.1, 0.15) is 25.7 Å². The lowest BCUT2D eigenvalue weighted by Crippen LogP contribution is -2.39. The van der Waals surface area contributed by atoms with Crippen molar-refractivity contribution in [1.29, 1.82) is 0 Å². The second-order valence-corrected chi connectivity index (χ2v) is 7.85. The molecule has 0 aliphatic heterocycles. The summed E-state index contributed by atoms with van der Waals surface area (Å²) < 4.78 is 42.2. The fourth-order valence-corrected chi connectivity index (χ4v) is 6.28. The van der Waals surface area contributed by atoms with Crippen molar-refractivity contribution >= 4 is 5.97 Å². The van der Waals surface area contributed by atoms with Crippen molar-refractivity contribution in [1.82, 2.24) is 0 Å². The Morgan fingerprint density at radius 1 is 1.09 bits per heavy atom. The van der Waals surface area contributed by atoms with Gasteiger partial charge in [-0.2, -0.15) is 13.2 Å². The second kappa shape index (κ2) is 4.98. The van der Waals surface area contributed by atoms with Crippen LogP contribution in [0.2, 0.25) is 0 Å². The SMILES string of the molecule is C=C(C(=O)OCC1CC2CC1C1C3CC(CC3O)C21)C(F)(F)F. The molecule has 0 radical (unpaired) electrons. The van der Waals surface area contributed by atoms with Gasteiger partial charge >= 0.3 is 12.1 Å². The van der Waals surface area contributed by atoms with E-state index in [1.807, 2.05) is 0 Å². The van der Waals surface area contributed by atoms with Gasteiger partial charge in [-0.1, -0.05) is 6.58 Å².